The highest BCUT2D eigenvalue weighted by atomic mass is 16.1. The zero-order valence-corrected chi connectivity index (χ0v) is 20.7. The number of carbonyl (C=O) groups excluding carboxylic acids is 1. The summed E-state index contributed by atoms with van der Waals surface area (Å²) in [6, 6.07) is 0. The summed E-state index contributed by atoms with van der Waals surface area (Å²) >= 11 is 0. The van der Waals surface area contributed by atoms with Crippen LogP contribution in [0.4, 0.5) is 0 Å². The van der Waals surface area contributed by atoms with Crippen molar-refractivity contribution in [1.82, 2.24) is 0 Å². The second kappa shape index (κ2) is 23.9. The second-order valence-corrected chi connectivity index (χ2v) is 9.85. The van der Waals surface area contributed by atoms with Crippen molar-refractivity contribution in [2.24, 2.45) is 5.92 Å². The summed E-state index contributed by atoms with van der Waals surface area (Å²) in [5, 5.41) is 0. The topological polar surface area (TPSA) is 17.1 Å². The Bertz CT molecular complexity index is 322. The summed E-state index contributed by atoms with van der Waals surface area (Å²) in [5.74, 6) is 1.30. The van der Waals surface area contributed by atoms with Gasteiger partial charge in [-0.05, 0) is 19.3 Å². The van der Waals surface area contributed by atoms with Gasteiger partial charge in [-0.1, -0.05) is 149 Å². The standard InChI is InChI=1S/C28H56O/c1-4-5-6-7-8-15-18-21-24-27(2)25-22-19-16-13-11-9-10-12-14-17-20-23-26-28(3)29/h27H,4-26H2,1-3H3. The van der Waals surface area contributed by atoms with E-state index in [1.165, 1.54) is 135 Å². The minimum absolute atomic E-state index is 0.350. The lowest BCUT2D eigenvalue weighted by atomic mass is 9.95. The number of Topliss-reactive ketones (excluding diaryl/α,β-unsaturated/α-hetero) is 1. The van der Waals surface area contributed by atoms with Crippen molar-refractivity contribution in [3.8, 4) is 0 Å². The molecule has 0 aliphatic carbocycles. The van der Waals surface area contributed by atoms with E-state index in [0.717, 1.165) is 18.8 Å². The summed E-state index contributed by atoms with van der Waals surface area (Å²) in [6.45, 7) is 6.48. The molecule has 0 aromatic carbocycles. The van der Waals surface area contributed by atoms with Crippen LogP contribution in [0.3, 0.4) is 0 Å². The smallest absolute Gasteiger partial charge is 0.129 e. The van der Waals surface area contributed by atoms with E-state index >= 15 is 0 Å². The third-order valence-corrected chi connectivity index (χ3v) is 6.53. The third-order valence-electron chi connectivity index (χ3n) is 6.53. The van der Waals surface area contributed by atoms with E-state index in [9.17, 15) is 4.79 Å². The number of ketones is 1. The first-order valence-corrected chi connectivity index (χ1v) is 13.7. The molecule has 0 saturated heterocycles. The fourth-order valence-corrected chi connectivity index (χ4v) is 4.41. The molecule has 0 bridgehead atoms. The molecule has 0 aliphatic rings. The van der Waals surface area contributed by atoms with E-state index in [0.29, 0.717) is 5.78 Å². The summed E-state index contributed by atoms with van der Waals surface area (Å²) in [5.41, 5.74) is 0. The Morgan fingerprint density at radius 1 is 0.517 bits per heavy atom. The van der Waals surface area contributed by atoms with E-state index in [1.807, 2.05) is 0 Å². The molecule has 0 amide bonds. The van der Waals surface area contributed by atoms with Crippen molar-refractivity contribution in [1.29, 1.82) is 0 Å². The highest BCUT2D eigenvalue weighted by Crippen LogP contribution is 2.19. The summed E-state index contributed by atoms with van der Waals surface area (Å²) in [7, 11) is 0. The number of unbranched alkanes of at least 4 members (excludes halogenated alkanes) is 18. The van der Waals surface area contributed by atoms with Gasteiger partial charge in [0.25, 0.3) is 0 Å². The minimum atomic E-state index is 0.350. The molecule has 0 saturated carbocycles. The number of hydrogen-bond acceptors (Lipinski definition) is 1. The van der Waals surface area contributed by atoms with Crippen LogP contribution >= 0.6 is 0 Å². The predicted octanol–water partition coefficient (Wildman–Crippen LogP) is 10.2. The lowest BCUT2D eigenvalue weighted by Crippen LogP contribution is -1.95. The van der Waals surface area contributed by atoms with Gasteiger partial charge >= 0.3 is 0 Å². The summed E-state index contributed by atoms with van der Waals surface area (Å²) in [6.07, 6.45) is 31.8. The van der Waals surface area contributed by atoms with Gasteiger partial charge in [0.05, 0.1) is 0 Å². The van der Waals surface area contributed by atoms with Gasteiger partial charge in [0, 0.05) is 6.42 Å². The molecule has 0 N–H and O–H groups in total. The van der Waals surface area contributed by atoms with Gasteiger partial charge in [0.1, 0.15) is 5.78 Å². The molecule has 0 radical (unpaired) electrons. The molecule has 0 heterocycles. The SMILES string of the molecule is CCCCCCCCCCC(C)CCCCCCCCCCCCCCC(C)=O. The molecule has 29 heavy (non-hydrogen) atoms. The van der Waals surface area contributed by atoms with Crippen LogP contribution in [0.1, 0.15) is 168 Å². The molecule has 0 rings (SSSR count). The number of carbonyl (C=O) groups is 1. The van der Waals surface area contributed by atoms with Crippen molar-refractivity contribution >= 4 is 5.78 Å². The lowest BCUT2D eigenvalue weighted by Gasteiger charge is -2.11. The van der Waals surface area contributed by atoms with Crippen molar-refractivity contribution in [3.63, 3.8) is 0 Å². The van der Waals surface area contributed by atoms with Crippen LogP contribution in [0.2, 0.25) is 0 Å². The Balaban J connectivity index is 3.13. The Morgan fingerprint density at radius 2 is 0.828 bits per heavy atom. The fraction of sp³-hybridized carbons (Fsp3) is 0.964. The molecule has 1 heteroatoms. The molecule has 0 aliphatic heterocycles. The molecule has 0 aromatic rings. The Labute approximate surface area is 185 Å². The monoisotopic (exact) mass is 408 g/mol. The van der Waals surface area contributed by atoms with E-state index in [2.05, 4.69) is 13.8 Å². The normalized spacial score (nSPS) is 12.4. The molecule has 1 unspecified atom stereocenters. The van der Waals surface area contributed by atoms with E-state index in [-0.39, 0.29) is 0 Å². The van der Waals surface area contributed by atoms with Crippen LogP contribution in [0, 0.1) is 5.92 Å². The Morgan fingerprint density at radius 3 is 1.17 bits per heavy atom. The average molecular weight is 409 g/mol. The first kappa shape index (κ1) is 28.7. The van der Waals surface area contributed by atoms with E-state index < -0.39 is 0 Å². The van der Waals surface area contributed by atoms with Gasteiger partial charge in [-0.15, -0.1) is 0 Å². The van der Waals surface area contributed by atoms with Crippen molar-refractivity contribution < 1.29 is 4.79 Å². The molecule has 0 spiro atoms. The molecule has 1 nitrogen and oxygen atoms in total. The zero-order valence-electron chi connectivity index (χ0n) is 20.7. The van der Waals surface area contributed by atoms with Crippen LogP contribution in [-0.4, -0.2) is 5.78 Å². The second-order valence-electron chi connectivity index (χ2n) is 9.85. The lowest BCUT2D eigenvalue weighted by molar-refractivity contribution is -0.117. The largest absolute Gasteiger partial charge is 0.300 e. The predicted molar refractivity (Wildman–Crippen MR) is 132 cm³/mol. The molecular weight excluding hydrogens is 352 g/mol. The van der Waals surface area contributed by atoms with Crippen LogP contribution in [0.25, 0.3) is 0 Å². The number of rotatable bonds is 24. The van der Waals surface area contributed by atoms with Gasteiger partial charge in [0.2, 0.25) is 0 Å². The average Bonchev–Trinajstić information content (AvgIpc) is 2.70. The zero-order chi connectivity index (χ0) is 21.4. The summed E-state index contributed by atoms with van der Waals surface area (Å²) in [4.78, 5) is 10.9. The van der Waals surface area contributed by atoms with E-state index in [4.69, 9.17) is 0 Å². The molecule has 0 fully saturated rings. The maximum Gasteiger partial charge on any atom is 0.129 e. The number of hydrogen-bond donors (Lipinski definition) is 0. The summed E-state index contributed by atoms with van der Waals surface area (Å²) < 4.78 is 0. The fourth-order valence-electron chi connectivity index (χ4n) is 4.41. The molecule has 174 valence electrons. The quantitative estimate of drug-likeness (QED) is 0.145. The van der Waals surface area contributed by atoms with Crippen LogP contribution in [0.15, 0.2) is 0 Å². The molecule has 0 aromatic heterocycles. The van der Waals surface area contributed by atoms with E-state index in [1.54, 1.807) is 6.92 Å². The molecular formula is C28H56O. The van der Waals surface area contributed by atoms with Crippen molar-refractivity contribution in [3.05, 3.63) is 0 Å². The minimum Gasteiger partial charge on any atom is -0.300 e. The maximum atomic E-state index is 10.9. The van der Waals surface area contributed by atoms with Crippen molar-refractivity contribution in [2.45, 2.75) is 168 Å². The Hall–Kier alpha value is -0.330. The third kappa shape index (κ3) is 25.6. The van der Waals surface area contributed by atoms with Gasteiger partial charge in [-0.25, -0.2) is 0 Å². The van der Waals surface area contributed by atoms with Gasteiger partial charge in [-0.2, -0.15) is 0 Å². The van der Waals surface area contributed by atoms with Crippen molar-refractivity contribution in [2.75, 3.05) is 0 Å². The molecule has 1 atom stereocenters. The Kier molecular flexibility index (Phi) is 23.7. The van der Waals surface area contributed by atoms with Crippen LogP contribution in [-0.2, 0) is 4.79 Å². The van der Waals surface area contributed by atoms with Gasteiger partial charge in [-0.3, -0.25) is 0 Å². The highest BCUT2D eigenvalue weighted by molar-refractivity contribution is 5.75. The van der Waals surface area contributed by atoms with Gasteiger partial charge < -0.3 is 4.79 Å². The van der Waals surface area contributed by atoms with Gasteiger partial charge in [0.15, 0.2) is 0 Å². The van der Waals surface area contributed by atoms with Crippen LogP contribution in [0.5, 0.6) is 0 Å². The highest BCUT2D eigenvalue weighted by Gasteiger charge is 2.02. The first-order valence-electron chi connectivity index (χ1n) is 13.7. The van der Waals surface area contributed by atoms with Crippen LogP contribution < -0.4 is 0 Å². The first-order chi connectivity index (χ1) is 14.2. The maximum absolute atomic E-state index is 10.9.